The van der Waals surface area contributed by atoms with Gasteiger partial charge in [0.15, 0.2) is 0 Å². The van der Waals surface area contributed by atoms with E-state index in [9.17, 15) is 4.79 Å². The minimum absolute atomic E-state index is 0.246. The molecule has 0 saturated carbocycles. The molecular weight excluding hydrogens is 238 g/mol. The minimum Gasteiger partial charge on any atom is -0.352 e. The summed E-state index contributed by atoms with van der Waals surface area (Å²) in [6.45, 7) is 0.246. The van der Waals surface area contributed by atoms with Crippen molar-refractivity contribution in [2.24, 2.45) is 11.5 Å². The molecule has 0 aromatic heterocycles. The molecule has 0 aliphatic carbocycles. The van der Waals surface area contributed by atoms with Crippen LogP contribution in [-0.2, 0) is 5.54 Å². The van der Waals surface area contributed by atoms with Gasteiger partial charge >= 0.3 is 6.03 Å². The molecule has 5 N–H and O–H groups in total. The first-order valence-corrected chi connectivity index (χ1v) is 6.06. The van der Waals surface area contributed by atoms with E-state index in [1.54, 1.807) is 0 Å². The van der Waals surface area contributed by atoms with Crippen LogP contribution in [0.4, 0.5) is 4.79 Å². The van der Waals surface area contributed by atoms with Crippen LogP contribution in [0.3, 0.4) is 0 Å². The second-order valence-corrected chi connectivity index (χ2v) is 4.42. The summed E-state index contributed by atoms with van der Waals surface area (Å²) in [5.74, 6) is 0. The van der Waals surface area contributed by atoms with Crippen LogP contribution >= 0.6 is 0 Å². The van der Waals surface area contributed by atoms with Crippen molar-refractivity contribution in [2.75, 3.05) is 6.54 Å². The largest absolute Gasteiger partial charge is 0.352 e. The van der Waals surface area contributed by atoms with E-state index in [1.807, 2.05) is 60.7 Å². The highest BCUT2D eigenvalue weighted by Gasteiger charge is 2.29. The topological polar surface area (TPSA) is 81.1 Å². The van der Waals surface area contributed by atoms with Crippen molar-refractivity contribution in [3.8, 4) is 0 Å². The molecule has 0 spiro atoms. The minimum atomic E-state index is -0.794. The zero-order valence-electron chi connectivity index (χ0n) is 10.5. The summed E-state index contributed by atoms with van der Waals surface area (Å²) in [6, 6.07) is 18.7. The molecule has 0 aliphatic rings. The Kier molecular flexibility index (Phi) is 3.82. The maximum Gasteiger partial charge on any atom is 0.312 e. The Morgan fingerprint density at radius 2 is 1.37 bits per heavy atom. The third-order valence-electron chi connectivity index (χ3n) is 3.12. The molecule has 0 atom stereocenters. The fraction of sp³-hybridized carbons (Fsp3) is 0.133. The number of carbonyl (C=O) groups is 1. The summed E-state index contributed by atoms with van der Waals surface area (Å²) in [6.07, 6.45) is 0. The van der Waals surface area contributed by atoms with Gasteiger partial charge in [-0.15, -0.1) is 0 Å². The number of benzene rings is 2. The van der Waals surface area contributed by atoms with Gasteiger partial charge in [0, 0.05) is 6.54 Å². The Balaban J connectivity index is 2.41. The molecule has 2 amide bonds. The summed E-state index contributed by atoms with van der Waals surface area (Å²) in [4.78, 5) is 11.0. The van der Waals surface area contributed by atoms with E-state index in [0.29, 0.717) is 0 Å². The lowest BCUT2D eigenvalue weighted by Crippen LogP contribution is -2.49. The summed E-state index contributed by atoms with van der Waals surface area (Å²) < 4.78 is 0. The standard InChI is InChI=1S/C15H17N3O/c16-14(19)18-11-15(17,12-7-3-1-4-8-12)13-9-5-2-6-10-13/h1-10H,11,17H2,(H3,16,18,19). The highest BCUT2D eigenvalue weighted by molar-refractivity contribution is 5.71. The lowest BCUT2D eigenvalue weighted by atomic mass is 9.83. The molecule has 2 aromatic rings. The average molecular weight is 255 g/mol. The van der Waals surface area contributed by atoms with Crippen LogP contribution in [0.2, 0.25) is 0 Å². The van der Waals surface area contributed by atoms with Crippen LogP contribution in [0.15, 0.2) is 60.7 Å². The maximum absolute atomic E-state index is 11.0. The van der Waals surface area contributed by atoms with Crippen molar-refractivity contribution >= 4 is 6.03 Å². The highest BCUT2D eigenvalue weighted by atomic mass is 16.2. The van der Waals surface area contributed by atoms with E-state index in [1.165, 1.54) is 0 Å². The molecule has 0 bridgehead atoms. The Hall–Kier alpha value is -2.33. The molecule has 0 fully saturated rings. The molecule has 98 valence electrons. The van der Waals surface area contributed by atoms with E-state index in [-0.39, 0.29) is 6.54 Å². The van der Waals surface area contributed by atoms with Crippen LogP contribution < -0.4 is 16.8 Å². The predicted molar refractivity (Wildman–Crippen MR) is 75.4 cm³/mol. The van der Waals surface area contributed by atoms with Crippen molar-refractivity contribution in [1.82, 2.24) is 5.32 Å². The number of carbonyl (C=O) groups excluding carboxylic acids is 1. The van der Waals surface area contributed by atoms with E-state index < -0.39 is 11.6 Å². The molecular formula is C15H17N3O. The third-order valence-corrected chi connectivity index (χ3v) is 3.12. The van der Waals surface area contributed by atoms with Gasteiger partial charge in [-0.25, -0.2) is 4.79 Å². The molecule has 0 heterocycles. The Labute approximate surface area is 112 Å². The number of rotatable bonds is 4. The van der Waals surface area contributed by atoms with Crippen LogP contribution in [-0.4, -0.2) is 12.6 Å². The quantitative estimate of drug-likeness (QED) is 0.775. The van der Waals surface area contributed by atoms with Gasteiger partial charge in [0.25, 0.3) is 0 Å². The van der Waals surface area contributed by atoms with Crippen molar-refractivity contribution in [3.05, 3.63) is 71.8 Å². The molecule has 0 aliphatic heterocycles. The molecule has 19 heavy (non-hydrogen) atoms. The fourth-order valence-corrected chi connectivity index (χ4v) is 2.07. The molecule has 4 nitrogen and oxygen atoms in total. The van der Waals surface area contributed by atoms with E-state index in [2.05, 4.69) is 5.32 Å². The Bertz CT molecular complexity index is 500. The van der Waals surface area contributed by atoms with Gasteiger partial charge in [-0.1, -0.05) is 60.7 Å². The zero-order chi connectivity index (χ0) is 13.7. The van der Waals surface area contributed by atoms with Crippen molar-refractivity contribution in [2.45, 2.75) is 5.54 Å². The molecule has 2 aromatic carbocycles. The Morgan fingerprint density at radius 3 is 1.74 bits per heavy atom. The molecule has 2 rings (SSSR count). The number of primary amides is 1. The van der Waals surface area contributed by atoms with Crippen LogP contribution in [0.25, 0.3) is 0 Å². The summed E-state index contributed by atoms with van der Waals surface area (Å²) in [5, 5.41) is 2.60. The SMILES string of the molecule is NC(=O)NCC(N)(c1ccccc1)c1ccccc1. The van der Waals surface area contributed by atoms with Crippen LogP contribution in [0.5, 0.6) is 0 Å². The third kappa shape index (κ3) is 2.92. The first-order valence-electron chi connectivity index (χ1n) is 6.06. The molecule has 0 saturated heterocycles. The van der Waals surface area contributed by atoms with Gasteiger partial charge in [0.1, 0.15) is 0 Å². The zero-order valence-corrected chi connectivity index (χ0v) is 10.5. The van der Waals surface area contributed by atoms with Gasteiger partial charge in [-0.05, 0) is 11.1 Å². The van der Waals surface area contributed by atoms with Crippen LogP contribution in [0, 0.1) is 0 Å². The maximum atomic E-state index is 11.0. The number of hydrogen-bond donors (Lipinski definition) is 3. The van der Waals surface area contributed by atoms with Gasteiger partial charge in [0.05, 0.1) is 5.54 Å². The second-order valence-electron chi connectivity index (χ2n) is 4.42. The van der Waals surface area contributed by atoms with Crippen LogP contribution in [0.1, 0.15) is 11.1 Å². The van der Waals surface area contributed by atoms with Gasteiger partial charge < -0.3 is 16.8 Å². The van der Waals surface area contributed by atoms with Crippen molar-refractivity contribution < 1.29 is 4.79 Å². The van der Waals surface area contributed by atoms with E-state index in [4.69, 9.17) is 11.5 Å². The molecule has 4 heteroatoms. The molecule has 0 radical (unpaired) electrons. The summed E-state index contributed by atoms with van der Waals surface area (Å²) in [7, 11) is 0. The summed E-state index contributed by atoms with van der Waals surface area (Å²) >= 11 is 0. The van der Waals surface area contributed by atoms with Gasteiger partial charge in [-0.3, -0.25) is 0 Å². The summed E-state index contributed by atoms with van der Waals surface area (Å²) in [5.41, 5.74) is 12.7. The van der Waals surface area contributed by atoms with Gasteiger partial charge in [0.2, 0.25) is 0 Å². The lowest BCUT2D eigenvalue weighted by Gasteiger charge is -2.30. The van der Waals surface area contributed by atoms with Crippen molar-refractivity contribution in [3.63, 3.8) is 0 Å². The molecule has 0 unspecified atom stereocenters. The second kappa shape index (κ2) is 5.54. The predicted octanol–water partition coefficient (Wildman–Crippen LogP) is 1.56. The fourth-order valence-electron chi connectivity index (χ4n) is 2.07. The van der Waals surface area contributed by atoms with Gasteiger partial charge in [-0.2, -0.15) is 0 Å². The number of nitrogens with one attached hydrogen (secondary N) is 1. The van der Waals surface area contributed by atoms with Crippen molar-refractivity contribution in [1.29, 1.82) is 0 Å². The van der Waals surface area contributed by atoms with E-state index in [0.717, 1.165) is 11.1 Å². The lowest BCUT2D eigenvalue weighted by molar-refractivity contribution is 0.246. The Morgan fingerprint density at radius 1 is 0.947 bits per heavy atom. The number of amides is 2. The first kappa shape index (κ1) is 13.1. The number of nitrogens with two attached hydrogens (primary N) is 2. The normalized spacial score (nSPS) is 11.0. The average Bonchev–Trinajstić information content (AvgIpc) is 2.46. The highest BCUT2D eigenvalue weighted by Crippen LogP contribution is 2.26. The smallest absolute Gasteiger partial charge is 0.312 e. The number of hydrogen-bond acceptors (Lipinski definition) is 2. The monoisotopic (exact) mass is 255 g/mol. The number of urea groups is 1. The first-order chi connectivity index (χ1) is 9.13. The van der Waals surface area contributed by atoms with E-state index >= 15 is 0 Å².